The third kappa shape index (κ3) is 2.88. The molecule has 2 rings (SSSR count). The lowest BCUT2D eigenvalue weighted by molar-refractivity contribution is 0.574. The molecule has 0 saturated carbocycles. The fourth-order valence-corrected chi connectivity index (χ4v) is 2.23. The molecule has 2 aromatic carbocycles. The average Bonchev–Trinajstić information content (AvgIpc) is 2.33. The first-order chi connectivity index (χ1) is 8.90. The molecule has 100 valence electrons. The molecule has 2 aromatic rings. The minimum Gasteiger partial charge on any atom is -0.207 e. The zero-order chi connectivity index (χ0) is 14.2. The monoisotopic (exact) mass is 304 g/mol. The summed E-state index contributed by atoms with van der Waals surface area (Å²) in [5, 5.41) is -0.909. The van der Waals surface area contributed by atoms with Crippen molar-refractivity contribution in [2.45, 2.75) is 12.3 Å². The van der Waals surface area contributed by atoms with Crippen LogP contribution in [0.1, 0.15) is 22.1 Å². The van der Waals surface area contributed by atoms with Gasteiger partial charge < -0.3 is 0 Å². The maximum Gasteiger partial charge on any atom is 0.129 e. The van der Waals surface area contributed by atoms with E-state index in [0.29, 0.717) is 0 Å². The maximum atomic E-state index is 13.8. The highest BCUT2D eigenvalue weighted by Crippen LogP contribution is 2.34. The number of benzene rings is 2. The van der Waals surface area contributed by atoms with Crippen LogP contribution in [-0.4, -0.2) is 0 Å². The highest BCUT2D eigenvalue weighted by Gasteiger charge is 2.20. The van der Waals surface area contributed by atoms with Crippen molar-refractivity contribution in [3.8, 4) is 0 Å². The molecule has 0 spiro atoms. The van der Waals surface area contributed by atoms with Crippen molar-refractivity contribution in [1.29, 1.82) is 0 Å². The summed E-state index contributed by atoms with van der Waals surface area (Å²) in [4.78, 5) is 0. The van der Waals surface area contributed by atoms with Gasteiger partial charge in [-0.3, -0.25) is 0 Å². The summed E-state index contributed by atoms with van der Waals surface area (Å²) in [6.07, 6.45) is 0. The van der Waals surface area contributed by atoms with Crippen LogP contribution in [0.15, 0.2) is 30.3 Å². The van der Waals surface area contributed by atoms with Gasteiger partial charge in [0.15, 0.2) is 0 Å². The highest BCUT2D eigenvalue weighted by atomic mass is 35.5. The van der Waals surface area contributed by atoms with E-state index in [9.17, 15) is 13.2 Å². The average molecular weight is 305 g/mol. The second kappa shape index (κ2) is 5.43. The van der Waals surface area contributed by atoms with Crippen molar-refractivity contribution in [2.75, 3.05) is 0 Å². The molecule has 1 atom stereocenters. The molecule has 0 bridgehead atoms. The van der Waals surface area contributed by atoms with Crippen LogP contribution >= 0.6 is 23.2 Å². The fourth-order valence-electron chi connectivity index (χ4n) is 1.73. The van der Waals surface area contributed by atoms with Gasteiger partial charge in [0, 0.05) is 16.1 Å². The number of hydrogen-bond donors (Lipinski definition) is 0. The van der Waals surface area contributed by atoms with E-state index in [0.717, 1.165) is 18.2 Å². The van der Waals surface area contributed by atoms with E-state index in [4.69, 9.17) is 23.2 Å². The first-order valence-electron chi connectivity index (χ1n) is 5.44. The minimum absolute atomic E-state index is 0.0493. The molecule has 0 radical (unpaired) electrons. The second-order valence-corrected chi connectivity index (χ2v) is 5.02. The molecule has 0 heterocycles. The lowest BCUT2D eigenvalue weighted by Crippen LogP contribution is -2.02. The van der Waals surface area contributed by atoms with Gasteiger partial charge in [-0.25, -0.2) is 13.2 Å². The summed E-state index contributed by atoms with van der Waals surface area (Å²) >= 11 is 11.7. The van der Waals surface area contributed by atoms with Crippen molar-refractivity contribution >= 4 is 23.2 Å². The summed E-state index contributed by atoms with van der Waals surface area (Å²) < 4.78 is 41.0. The van der Waals surface area contributed by atoms with Crippen molar-refractivity contribution in [3.63, 3.8) is 0 Å². The first-order valence-corrected chi connectivity index (χ1v) is 6.26. The van der Waals surface area contributed by atoms with Crippen LogP contribution in [0.3, 0.4) is 0 Å². The molecule has 0 N–H and O–H groups in total. The Bertz CT molecular complexity index is 626. The van der Waals surface area contributed by atoms with Gasteiger partial charge in [-0.1, -0.05) is 17.7 Å². The zero-order valence-electron chi connectivity index (χ0n) is 9.85. The molecule has 0 fully saturated rings. The summed E-state index contributed by atoms with van der Waals surface area (Å²) in [5.74, 6) is -1.92. The molecule has 19 heavy (non-hydrogen) atoms. The molecule has 5 heteroatoms. The molecule has 0 aliphatic rings. The molecular weight excluding hydrogens is 296 g/mol. The van der Waals surface area contributed by atoms with E-state index >= 15 is 0 Å². The molecule has 0 nitrogen and oxygen atoms in total. The Morgan fingerprint density at radius 3 is 2.16 bits per heavy atom. The molecule has 0 aromatic heterocycles. The Hall–Kier alpha value is -1.19. The molecule has 1 unspecified atom stereocenters. The van der Waals surface area contributed by atoms with E-state index in [1.165, 1.54) is 19.1 Å². The molecular formula is C14H9Cl2F3. The smallest absolute Gasteiger partial charge is 0.129 e. The van der Waals surface area contributed by atoms with E-state index in [2.05, 4.69) is 0 Å². The number of hydrogen-bond acceptors (Lipinski definition) is 0. The van der Waals surface area contributed by atoms with Crippen LogP contribution < -0.4 is 0 Å². The summed E-state index contributed by atoms with van der Waals surface area (Å²) in [6, 6.07) is 5.89. The van der Waals surface area contributed by atoms with Crippen molar-refractivity contribution in [3.05, 3.63) is 69.5 Å². The standard InChI is InChI=1S/C14H9Cl2F3/c1-7-4-12(18)10(6-11(7)17)14(16)9-3-2-8(15)5-13(9)19/h2-6,14H,1H3. The normalized spacial score (nSPS) is 12.5. The van der Waals surface area contributed by atoms with Gasteiger partial charge in [-0.2, -0.15) is 0 Å². The largest absolute Gasteiger partial charge is 0.207 e. The van der Waals surface area contributed by atoms with Crippen LogP contribution in [0.25, 0.3) is 0 Å². The highest BCUT2D eigenvalue weighted by molar-refractivity contribution is 6.30. The third-order valence-corrected chi connectivity index (χ3v) is 3.49. The van der Waals surface area contributed by atoms with Gasteiger partial charge in [0.05, 0.1) is 5.38 Å². The minimum atomic E-state index is -1.12. The maximum absolute atomic E-state index is 13.8. The quantitative estimate of drug-likeness (QED) is 0.652. The lowest BCUT2D eigenvalue weighted by atomic mass is 10.0. The van der Waals surface area contributed by atoms with Gasteiger partial charge in [0.1, 0.15) is 17.5 Å². The number of halogens is 5. The Kier molecular flexibility index (Phi) is 4.07. The zero-order valence-corrected chi connectivity index (χ0v) is 11.4. The molecule has 0 aliphatic heterocycles. The van der Waals surface area contributed by atoms with Crippen LogP contribution in [0, 0.1) is 24.4 Å². The van der Waals surface area contributed by atoms with Gasteiger partial charge in [-0.05, 0) is 36.8 Å². The van der Waals surface area contributed by atoms with E-state index in [1.807, 2.05) is 0 Å². The second-order valence-electron chi connectivity index (χ2n) is 4.15. The van der Waals surface area contributed by atoms with Gasteiger partial charge in [0.2, 0.25) is 0 Å². The van der Waals surface area contributed by atoms with Crippen molar-refractivity contribution in [1.82, 2.24) is 0 Å². The number of alkyl halides is 1. The predicted molar refractivity (Wildman–Crippen MR) is 70.2 cm³/mol. The Labute approximate surface area is 118 Å². The Morgan fingerprint density at radius 2 is 1.53 bits per heavy atom. The van der Waals surface area contributed by atoms with Crippen LogP contribution in [0.4, 0.5) is 13.2 Å². The molecule has 0 saturated heterocycles. The lowest BCUT2D eigenvalue weighted by Gasteiger charge is -2.13. The Morgan fingerprint density at radius 1 is 0.895 bits per heavy atom. The van der Waals surface area contributed by atoms with Gasteiger partial charge in [0.25, 0.3) is 0 Å². The molecule has 0 amide bonds. The number of aryl methyl sites for hydroxylation is 1. The topological polar surface area (TPSA) is 0 Å². The SMILES string of the molecule is Cc1cc(F)c(C(Cl)c2ccc(Cl)cc2F)cc1F. The van der Waals surface area contributed by atoms with Gasteiger partial charge >= 0.3 is 0 Å². The predicted octanol–water partition coefficient (Wildman–Crippen LogP) is 5.39. The van der Waals surface area contributed by atoms with Crippen LogP contribution in [0.2, 0.25) is 5.02 Å². The Balaban J connectivity index is 2.49. The third-order valence-electron chi connectivity index (χ3n) is 2.79. The van der Waals surface area contributed by atoms with Crippen molar-refractivity contribution < 1.29 is 13.2 Å². The summed E-state index contributed by atoms with van der Waals surface area (Å²) in [7, 11) is 0. The van der Waals surface area contributed by atoms with Crippen LogP contribution in [0.5, 0.6) is 0 Å². The summed E-state index contributed by atoms with van der Waals surface area (Å²) in [5.41, 5.74) is 0.112. The fraction of sp³-hybridized carbons (Fsp3) is 0.143. The first kappa shape index (κ1) is 14.2. The van der Waals surface area contributed by atoms with Crippen LogP contribution in [-0.2, 0) is 0 Å². The number of rotatable bonds is 2. The summed E-state index contributed by atoms with van der Waals surface area (Å²) in [6.45, 7) is 1.44. The van der Waals surface area contributed by atoms with Gasteiger partial charge in [-0.15, -0.1) is 11.6 Å². The van der Waals surface area contributed by atoms with E-state index < -0.39 is 22.8 Å². The molecule has 0 aliphatic carbocycles. The van der Waals surface area contributed by atoms with Crippen molar-refractivity contribution in [2.24, 2.45) is 0 Å². The van der Waals surface area contributed by atoms with E-state index in [1.54, 1.807) is 0 Å². The van der Waals surface area contributed by atoms with E-state index in [-0.39, 0.29) is 21.7 Å².